The lowest BCUT2D eigenvalue weighted by Gasteiger charge is -2.23. The van der Waals surface area contributed by atoms with E-state index in [1.54, 1.807) is 6.92 Å². The van der Waals surface area contributed by atoms with E-state index in [9.17, 15) is 0 Å². The van der Waals surface area contributed by atoms with Gasteiger partial charge in [-0.05, 0) is 42.7 Å². The molecule has 0 saturated carbocycles. The second-order valence-corrected chi connectivity index (χ2v) is 6.41. The first kappa shape index (κ1) is 15.4. The summed E-state index contributed by atoms with van der Waals surface area (Å²) in [6, 6.07) is 14.1. The fourth-order valence-corrected chi connectivity index (χ4v) is 3.32. The molecule has 4 N–H and O–H groups in total. The number of imidazole rings is 1. The molecule has 3 aromatic rings. The Hall–Kier alpha value is -3.08. The van der Waals surface area contributed by atoms with Crippen LogP contribution in [0.4, 0.5) is 0 Å². The molecular weight excluding hydrogens is 312 g/mol. The Balaban J connectivity index is 1.68. The van der Waals surface area contributed by atoms with Gasteiger partial charge in [0.2, 0.25) is 0 Å². The van der Waals surface area contributed by atoms with Gasteiger partial charge in [-0.2, -0.15) is 0 Å². The Kier molecular flexibility index (Phi) is 3.76. The van der Waals surface area contributed by atoms with Crippen molar-refractivity contribution in [1.29, 1.82) is 5.41 Å². The molecule has 2 aromatic carbocycles. The van der Waals surface area contributed by atoms with Gasteiger partial charge in [-0.25, -0.2) is 4.98 Å². The summed E-state index contributed by atoms with van der Waals surface area (Å²) in [6.07, 6.45) is 2.20. The first-order valence-electron chi connectivity index (χ1n) is 8.33. The monoisotopic (exact) mass is 332 g/mol. The average molecular weight is 332 g/mol. The Morgan fingerprint density at radius 2 is 2.16 bits per heavy atom. The van der Waals surface area contributed by atoms with Crippen LogP contribution in [0.5, 0.6) is 5.75 Å². The minimum absolute atomic E-state index is 0.208. The number of aromatic amines is 1. The minimum atomic E-state index is 0.208. The summed E-state index contributed by atoms with van der Waals surface area (Å²) < 4.78 is 5.88. The number of nitrogens with two attached hydrogens (primary N) is 1. The number of nitrogens with zero attached hydrogens (tertiary/aromatic N) is 1. The van der Waals surface area contributed by atoms with Crippen molar-refractivity contribution >= 4 is 22.8 Å². The molecule has 1 aromatic heterocycles. The van der Waals surface area contributed by atoms with Crippen LogP contribution in [-0.2, 0) is 6.42 Å². The highest BCUT2D eigenvalue weighted by atomic mass is 16.5. The Morgan fingerprint density at radius 1 is 1.32 bits per heavy atom. The van der Waals surface area contributed by atoms with Crippen molar-refractivity contribution in [3.63, 3.8) is 0 Å². The molecule has 126 valence electrons. The van der Waals surface area contributed by atoms with Gasteiger partial charge in [-0.15, -0.1) is 0 Å². The van der Waals surface area contributed by atoms with Crippen LogP contribution in [-0.4, -0.2) is 22.8 Å². The SMILES string of the molecule is C/C(N)=C(/C=N)c1ccc2nc(C3COc4ccccc4C3)[nH]c2c1. The van der Waals surface area contributed by atoms with Crippen LogP contribution in [0.2, 0.25) is 0 Å². The van der Waals surface area contributed by atoms with E-state index >= 15 is 0 Å². The molecular formula is C20H20N4O. The first-order valence-corrected chi connectivity index (χ1v) is 8.33. The van der Waals surface area contributed by atoms with Gasteiger partial charge >= 0.3 is 0 Å². The number of allylic oxidation sites excluding steroid dienone is 2. The number of H-pyrrole nitrogens is 1. The highest BCUT2D eigenvalue weighted by molar-refractivity contribution is 6.10. The van der Waals surface area contributed by atoms with Crippen molar-refractivity contribution in [2.75, 3.05) is 6.61 Å². The van der Waals surface area contributed by atoms with Gasteiger partial charge < -0.3 is 20.9 Å². The van der Waals surface area contributed by atoms with Crippen LogP contribution >= 0.6 is 0 Å². The van der Waals surface area contributed by atoms with E-state index in [0.29, 0.717) is 12.3 Å². The standard InChI is InChI=1S/C20H20N4O/c1-12(22)16(10-21)13-6-7-17-18(9-13)24-20(23-17)15-8-14-4-2-3-5-19(14)25-11-15/h2-7,9-10,15,21H,8,11,22H2,1H3,(H,23,24)/b16-12+,21-10?. The van der Waals surface area contributed by atoms with Crippen molar-refractivity contribution < 1.29 is 4.74 Å². The van der Waals surface area contributed by atoms with Crippen LogP contribution in [0.3, 0.4) is 0 Å². The van der Waals surface area contributed by atoms with Crippen molar-refractivity contribution in [3.8, 4) is 5.75 Å². The predicted molar refractivity (Wildman–Crippen MR) is 100 cm³/mol. The third-order valence-corrected chi connectivity index (χ3v) is 4.65. The molecule has 2 heterocycles. The molecule has 1 atom stereocenters. The minimum Gasteiger partial charge on any atom is -0.493 e. The molecule has 5 nitrogen and oxygen atoms in total. The maximum atomic E-state index is 7.57. The summed E-state index contributed by atoms with van der Waals surface area (Å²) >= 11 is 0. The Bertz CT molecular complexity index is 982. The summed E-state index contributed by atoms with van der Waals surface area (Å²) in [5.74, 6) is 2.11. The molecule has 0 aliphatic carbocycles. The van der Waals surface area contributed by atoms with E-state index in [1.165, 1.54) is 11.8 Å². The number of hydrogen-bond acceptors (Lipinski definition) is 4. The Labute approximate surface area is 146 Å². The third kappa shape index (κ3) is 2.78. The molecule has 25 heavy (non-hydrogen) atoms. The number of aromatic nitrogens is 2. The smallest absolute Gasteiger partial charge is 0.122 e. The molecule has 0 spiro atoms. The second kappa shape index (κ2) is 6.09. The summed E-state index contributed by atoms with van der Waals surface area (Å²) in [7, 11) is 0. The number of hydrogen-bond donors (Lipinski definition) is 3. The third-order valence-electron chi connectivity index (χ3n) is 4.65. The number of ether oxygens (including phenoxy) is 1. The van der Waals surface area contributed by atoms with Gasteiger partial charge in [0.15, 0.2) is 0 Å². The van der Waals surface area contributed by atoms with Gasteiger partial charge in [0.1, 0.15) is 11.6 Å². The lowest BCUT2D eigenvalue weighted by Crippen LogP contribution is -2.20. The fraction of sp³-hybridized carbons (Fsp3) is 0.200. The molecule has 4 rings (SSSR count). The van der Waals surface area contributed by atoms with Gasteiger partial charge in [0.05, 0.1) is 23.6 Å². The van der Waals surface area contributed by atoms with Crippen molar-refractivity contribution in [2.24, 2.45) is 5.73 Å². The van der Waals surface area contributed by atoms with E-state index in [1.807, 2.05) is 36.4 Å². The second-order valence-electron chi connectivity index (χ2n) is 6.41. The van der Waals surface area contributed by atoms with Crippen LogP contribution in [0.25, 0.3) is 16.6 Å². The zero-order valence-electron chi connectivity index (χ0n) is 14.0. The van der Waals surface area contributed by atoms with E-state index in [2.05, 4.69) is 11.1 Å². The molecule has 1 aliphatic heterocycles. The number of fused-ring (bicyclic) bond motifs is 2. The van der Waals surface area contributed by atoms with Crippen molar-refractivity contribution in [3.05, 3.63) is 65.1 Å². The zero-order valence-corrected chi connectivity index (χ0v) is 14.0. The number of rotatable bonds is 3. The molecule has 1 aliphatic rings. The lowest BCUT2D eigenvalue weighted by atomic mass is 9.96. The maximum Gasteiger partial charge on any atom is 0.122 e. The molecule has 0 amide bonds. The molecule has 0 radical (unpaired) electrons. The molecule has 1 unspecified atom stereocenters. The molecule has 5 heteroatoms. The van der Waals surface area contributed by atoms with Crippen LogP contribution < -0.4 is 10.5 Å². The van der Waals surface area contributed by atoms with Crippen LogP contribution in [0.1, 0.15) is 29.8 Å². The van der Waals surface area contributed by atoms with Crippen molar-refractivity contribution in [1.82, 2.24) is 9.97 Å². The van der Waals surface area contributed by atoms with Crippen LogP contribution in [0.15, 0.2) is 48.2 Å². The lowest BCUT2D eigenvalue weighted by molar-refractivity contribution is 0.258. The van der Waals surface area contributed by atoms with Gasteiger partial charge in [0.25, 0.3) is 0 Å². The van der Waals surface area contributed by atoms with E-state index in [4.69, 9.17) is 20.9 Å². The maximum absolute atomic E-state index is 7.57. The number of para-hydroxylation sites is 1. The predicted octanol–water partition coefficient (Wildman–Crippen LogP) is 3.62. The summed E-state index contributed by atoms with van der Waals surface area (Å²) in [4.78, 5) is 8.17. The van der Waals surface area contributed by atoms with Crippen molar-refractivity contribution in [2.45, 2.75) is 19.3 Å². The van der Waals surface area contributed by atoms with E-state index < -0.39 is 0 Å². The van der Waals surface area contributed by atoms with Gasteiger partial charge in [0, 0.05) is 17.5 Å². The van der Waals surface area contributed by atoms with Gasteiger partial charge in [-0.1, -0.05) is 24.3 Å². The molecule has 0 saturated heterocycles. The number of benzene rings is 2. The largest absolute Gasteiger partial charge is 0.493 e. The highest BCUT2D eigenvalue weighted by Gasteiger charge is 2.23. The normalized spacial score (nSPS) is 17.6. The van der Waals surface area contributed by atoms with Gasteiger partial charge in [-0.3, -0.25) is 0 Å². The Morgan fingerprint density at radius 3 is 2.96 bits per heavy atom. The molecule has 0 bridgehead atoms. The van der Waals surface area contributed by atoms with Crippen LogP contribution in [0, 0.1) is 5.41 Å². The van der Waals surface area contributed by atoms with E-state index in [0.717, 1.165) is 40.2 Å². The average Bonchev–Trinajstić information content (AvgIpc) is 3.05. The zero-order chi connectivity index (χ0) is 17.4. The summed E-state index contributed by atoms with van der Waals surface area (Å²) in [5, 5.41) is 7.57. The fourth-order valence-electron chi connectivity index (χ4n) is 3.32. The summed E-state index contributed by atoms with van der Waals surface area (Å²) in [5.41, 5.74) is 11.2. The number of nitrogens with one attached hydrogen (secondary N) is 2. The summed E-state index contributed by atoms with van der Waals surface area (Å²) in [6.45, 7) is 2.43. The quantitative estimate of drug-likeness (QED) is 0.640. The molecule has 0 fully saturated rings. The first-order chi connectivity index (χ1) is 12.2. The van der Waals surface area contributed by atoms with E-state index in [-0.39, 0.29) is 5.92 Å². The topological polar surface area (TPSA) is 87.8 Å². The highest BCUT2D eigenvalue weighted by Crippen LogP contribution is 2.32.